The van der Waals surface area contributed by atoms with Gasteiger partial charge in [0.25, 0.3) is 0 Å². The number of carbonyl (C=O) groups is 1. The Kier molecular flexibility index (Phi) is 2.97. The smallest absolute Gasteiger partial charge is 0.338 e. The van der Waals surface area contributed by atoms with Crippen molar-refractivity contribution in [1.82, 2.24) is 0 Å². The molecule has 0 aliphatic heterocycles. The molecule has 13 heavy (non-hydrogen) atoms. The molecule has 0 amide bonds. The first kappa shape index (κ1) is 9.66. The van der Waals surface area contributed by atoms with Gasteiger partial charge in [-0.25, -0.2) is 4.79 Å². The number of carbonyl (C=O) groups excluding carboxylic acids is 1. The predicted molar refractivity (Wildman–Crippen MR) is 46.4 cm³/mol. The zero-order chi connectivity index (χ0) is 9.84. The molecule has 0 atom stereocenters. The maximum Gasteiger partial charge on any atom is 0.338 e. The SMILES string of the molecule is COC(=O)c1csc(C[N+](=O)[O-])c1. The normalized spacial score (nSPS) is 9.62. The molecule has 1 aromatic heterocycles. The maximum atomic E-state index is 10.9. The molecule has 0 fully saturated rings. The van der Waals surface area contributed by atoms with Crippen molar-refractivity contribution in [3.05, 3.63) is 32.0 Å². The highest BCUT2D eigenvalue weighted by Gasteiger charge is 2.11. The van der Waals surface area contributed by atoms with E-state index in [9.17, 15) is 14.9 Å². The monoisotopic (exact) mass is 201 g/mol. The first-order chi connectivity index (χ1) is 6.13. The third-order valence-electron chi connectivity index (χ3n) is 1.36. The Labute approximate surface area is 78.1 Å². The minimum Gasteiger partial charge on any atom is -0.465 e. The van der Waals surface area contributed by atoms with Crippen molar-refractivity contribution in [2.75, 3.05) is 7.11 Å². The summed E-state index contributed by atoms with van der Waals surface area (Å²) in [6, 6.07) is 1.47. The van der Waals surface area contributed by atoms with Crippen molar-refractivity contribution in [2.24, 2.45) is 0 Å². The lowest BCUT2D eigenvalue weighted by Gasteiger charge is -1.91. The molecule has 0 saturated carbocycles. The van der Waals surface area contributed by atoms with E-state index in [0.29, 0.717) is 10.4 Å². The lowest BCUT2D eigenvalue weighted by Crippen LogP contribution is -1.99. The highest BCUT2D eigenvalue weighted by molar-refractivity contribution is 7.10. The summed E-state index contributed by atoms with van der Waals surface area (Å²) in [7, 11) is 1.27. The topological polar surface area (TPSA) is 69.4 Å². The lowest BCUT2D eigenvalue weighted by atomic mass is 10.3. The number of hydrogen-bond donors (Lipinski definition) is 0. The number of thiophene rings is 1. The van der Waals surface area contributed by atoms with Crippen molar-refractivity contribution in [3.63, 3.8) is 0 Å². The standard InChI is InChI=1S/C7H7NO4S/c1-12-7(9)5-2-6(13-4-5)3-8(10)11/h2,4H,3H2,1H3. The summed E-state index contributed by atoms with van der Waals surface area (Å²) in [5.74, 6) is -0.467. The van der Waals surface area contributed by atoms with Gasteiger partial charge in [0.1, 0.15) is 0 Å². The molecule has 0 saturated heterocycles. The second kappa shape index (κ2) is 3.99. The number of nitrogens with zero attached hydrogens (tertiary/aromatic N) is 1. The van der Waals surface area contributed by atoms with Gasteiger partial charge in [0.15, 0.2) is 0 Å². The van der Waals surface area contributed by atoms with Crippen molar-refractivity contribution in [1.29, 1.82) is 0 Å². The van der Waals surface area contributed by atoms with Crippen molar-refractivity contribution in [2.45, 2.75) is 6.54 Å². The molecule has 0 spiro atoms. The van der Waals surface area contributed by atoms with E-state index in [4.69, 9.17) is 0 Å². The van der Waals surface area contributed by atoms with Gasteiger partial charge in [-0.3, -0.25) is 10.1 Å². The zero-order valence-corrected chi connectivity index (χ0v) is 7.67. The van der Waals surface area contributed by atoms with Gasteiger partial charge in [0.05, 0.1) is 17.6 Å². The van der Waals surface area contributed by atoms with Crippen LogP contribution in [-0.4, -0.2) is 18.0 Å². The van der Waals surface area contributed by atoms with E-state index >= 15 is 0 Å². The molecular formula is C7H7NO4S. The molecule has 1 rings (SSSR count). The number of rotatable bonds is 3. The maximum absolute atomic E-state index is 10.9. The van der Waals surface area contributed by atoms with Crippen LogP contribution in [0.5, 0.6) is 0 Å². The van der Waals surface area contributed by atoms with Crippen LogP contribution in [0.1, 0.15) is 15.2 Å². The summed E-state index contributed by atoms with van der Waals surface area (Å²) in [6.45, 7) is -0.248. The van der Waals surface area contributed by atoms with Gasteiger partial charge in [0.2, 0.25) is 6.54 Å². The van der Waals surface area contributed by atoms with E-state index in [1.165, 1.54) is 24.5 Å². The second-order valence-electron chi connectivity index (χ2n) is 2.28. The molecular weight excluding hydrogens is 194 g/mol. The zero-order valence-electron chi connectivity index (χ0n) is 6.85. The van der Waals surface area contributed by atoms with E-state index in [1.54, 1.807) is 5.38 Å². The predicted octanol–water partition coefficient (Wildman–Crippen LogP) is 1.31. The number of ether oxygens (including phenoxy) is 1. The largest absolute Gasteiger partial charge is 0.465 e. The van der Waals surface area contributed by atoms with Crippen LogP contribution in [0.4, 0.5) is 0 Å². The fourth-order valence-corrected chi connectivity index (χ4v) is 1.63. The second-order valence-corrected chi connectivity index (χ2v) is 3.28. The van der Waals surface area contributed by atoms with Crippen molar-refractivity contribution >= 4 is 17.3 Å². The summed E-state index contributed by atoms with van der Waals surface area (Å²) in [5.41, 5.74) is 0.365. The Morgan fingerprint density at radius 2 is 2.46 bits per heavy atom. The van der Waals surface area contributed by atoms with Gasteiger partial charge in [0, 0.05) is 10.3 Å². The Bertz CT molecular complexity index is 333. The van der Waals surface area contributed by atoms with Crippen LogP contribution in [-0.2, 0) is 11.3 Å². The Morgan fingerprint density at radius 1 is 1.77 bits per heavy atom. The molecule has 0 aliphatic rings. The van der Waals surface area contributed by atoms with Crippen LogP contribution in [0.25, 0.3) is 0 Å². The molecule has 1 heterocycles. The molecule has 6 heteroatoms. The fourth-order valence-electron chi connectivity index (χ4n) is 0.816. The summed E-state index contributed by atoms with van der Waals surface area (Å²) >= 11 is 1.18. The van der Waals surface area contributed by atoms with E-state index in [1.807, 2.05) is 0 Å². The van der Waals surface area contributed by atoms with E-state index in [2.05, 4.69) is 4.74 Å². The molecule has 70 valence electrons. The minimum absolute atomic E-state index is 0.248. The molecule has 0 N–H and O–H groups in total. The number of hydrogen-bond acceptors (Lipinski definition) is 5. The van der Waals surface area contributed by atoms with Gasteiger partial charge < -0.3 is 4.74 Å². The number of esters is 1. The van der Waals surface area contributed by atoms with Gasteiger partial charge in [-0.1, -0.05) is 0 Å². The van der Waals surface area contributed by atoms with Crippen LogP contribution < -0.4 is 0 Å². The van der Waals surface area contributed by atoms with Crippen LogP contribution in [0.3, 0.4) is 0 Å². The number of methoxy groups -OCH3 is 1. The first-order valence-corrected chi connectivity index (χ1v) is 4.29. The molecule has 1 aromatic rings. The fraction of sp³-hybridized carbons (Fsp3) is 0.286. The van der Waals surface area contributed by atoms with Crippen molar-refractivity contribution in [3.8, 4) is 0 Å². The third-order valence-corrected chi connectivity index (χ3v) is 2.28. The summed E-state index contributed by atoms with van der Waals surface area (Å²) in [5, 5.41) is 11.7. The van der Waals surface area contributed by atoms with E-state index in [0.717, 1.165) is 0 Å². The molecule has 0 bridgehead atoms. The van der Waals surface area contributed by atoms with Gasteiger partial charge in [-0.05, 0) is 6.07 Å². The summed E-state index contributed by atoms with van der Waals surface area (Å²) in [6.07, 6.45) is 0. The molecule has 0 aliphatic carbocycles. The molecule has 0 unspecified atom stereocenters. The van der Waals surface area contributed by atoms with E-state index < -0.39 is 10.9 Å². The van der Waals surface area contributed by atoms with Crippen LogP contribution in [0.2, 0.25) is 0 Å². The van der Waals surface area contributed by atoms with Crippen LogP contribution >= 0.6 is 11.3 Å². The third kappa shape index (κ3) is 2.51. The molecule has 5 nitrogen and oxygen atoms in total. The summed E-state index contributed by atoms with van der Waals surface area (Å²) < 4.78 is 4.45. The summed E-state index contributed by atoms with van der Waals surface area (Å²) in [4.78, 5) is 21.1. The van der Waals surface area contributed by atoms with Gasteiger partial charge >= 0.3 is 5.97 Å². The number of nitro groups is 1. The van der Waals surface area contributed by atoms with E-state index in [-0.39, 0.29) is 6.54 Å². The Morgan fingerprint density at radius 3 is 3.00 bits per heavy atom. The average Bonchev–Trinajstić information content (AvgIpc) is 2.50. The minimum atomic E-state index is -0.467. The molecule has 0 aromatic carbocycles. The quantitative estimate of drug-likeness (QED) is 0.420. The Hall–Kier alpha value is -1.43. The van der Waals surface area contributed by atoms with Gasteiger partial charge in [-0.15, -0.1) is 11.3 Å². The van der Waals surface area contributed by atoms with Gasteiger partial charge in [-0.2, -0.15) is 0 Å². The van der Waals surface area contributed by atoms with Crippen LogP contribution in [0, 0.1) is 10.1 Å². The average molecular weight is 201 g/mol. The highest BCUT2D eigenvalue weighted by atomic mass is 32.1. The van der Waals surface area contributed by atoms with Crippen LogP contribution in [0.15, 0.2) is 11.4 Å². The highest BCUT2D eigenvalue weighted by Crippen LogP contribution is 2.15. The van der Waals surface area contributed by atoms with Crippen molar-refractivity contribution < 1.29 is 14.5 Å². The lowest BCUT2D eigenvalue weighted by molar-refractivity contribution is -0.496. The Balaban J connectivity index is 2.74. The molecule has 0 radical (unpaired) electrons. The first-order valence-electron chi connectivity index (χ1n) is 3.41.